The van der Waals surface area contributed by atoms with E-state index in [1.54, 1.807) is 31.2 Å². The number of hydrogen-bond acceptors (Lipinski definition) is 5. The number of urea groups is 1. The van der Waals surface area contributed by atoms with Gasteiger partial charge in [0.05, 0.1) is 11.5 Å². The highest BCUT2D eigenvalue weighted by Gasteiger charge is 2.53. The number of rotatable bonds is 7. The number of nitrogens with zero attached hydrogens (tertiary/aromatic N) is 2. The van der Waals surface area contributed by atoms with E-state index in [4.69, 9.17) is 0 Å². The van der Waals surface area contributed by atoms with Crippen molar-refractivity contribution in [2.45, 2.75) is 31.3 Å². The minimum atomic E-state index is -3.18. The maximum atomic E-state index is 13.7. The Labute approximate surface area is 193 Å². The quantitative estimate of drug-likeness (QED) is 0.622. The molecule has 9 heteroatoms. The van der Waals surface area contributed by atoms with E-state index >= 15 is 0 Å². The van der Waals surface area contributed by atoms with Gasteiger partial charge in [-0.05, 0) is 24.5 Å². The number of nitrogens with one attached hydrogen (secondary N) is 1. The first-order valence-electron chi connectivity index (χ1n) is 11.0. The maximum absolute atomic E-state index is 13.7. The first kappa shape index (κ1) is 23.0. The molecule has 2 aromatic carbocycles. The number of sulfone groups is 1. The van der Waals surface area contributed by atoms with Gasteiger partial charge in [-0.2, -0.15) is 0 Å². The standard InChI is InChI=1S/C24H27N3O5S/c1-2-26(20-13-14-33(31,32)17-20)21(28)16-27-22(29)24(25-23(27)30,19-11-7-4-8-12-19)15-18-9-5-3-6-10-18/h3-12,20H,2,13-17H2,1H3,(H,25,30)/t20-,24-/m1/s1. The van der Waals surface area contributed by atoms with Gasteiger partial charge >= 0.3 is 6.03 Å². The van der Waals surface area contributed by atoms with Crippen LogP contribution in [0.5, 0.6) is 0 Å². The second kappa shape index (κ2) is 8.97. The number of hydrogen-bond donors (Lipinski definition) is 1. The molecule has 2 saturated heterocycles. The second-order valence-corrected chi connectivity index (χ2v) is 10.7. The molecule has 174 valence electrons. The molecule has 1 N–H and O–H groups in total. The van der Waals surface area contributed by atoms with Crippen LogP contribution in [0.4, 0.5) is 4.79 Å². The molecule has 2 aliphatic rings. The summed E-state index contributed by atoms with van der Waals surface area (Å²) < 4.78 is 23.8. The van der Waals surface area contributed by atoms with Crippen molar-refractivity contribution in [3.05, 3.63) is 71.8 Å². The van der Waals surface area contributed by atoms with Crippen LogP contribution in [-0.2, 0) is 31.4 Å². The predicted octanol–water partition coefficient (Wildman–Crippen LogP) is 1.71. The molecule has 0 bridgehead atoms. The van der Waals surface area contributed by atoms with Gasteiger partial charge in [0.25, 0.3) is 5.91 Å². The van der Waals surface area contributed by atoms with Gasteiger partial charge in [-0.1, -0.05) is 60.7 Å². The van der Waals surface area contributed by atoms with E-state index in [1.807, 2.05) is 36.4 Å². The average molecular weight is 470 g/mol. The molecule has 2 aromatic rings. The van der Waals surface area contributed by atoms with Gasteiger partial charge in [-0.15, -0.1) is 0 Å². The fourth-order valence-electron chi connectivity index (χ4n) is 4.70. The van der Waals surface area contributed by atoms with Crippen LogP contribution in [0.3, 0.4) is 0 Å². The lowest BCUT2D eigenvalue weighted by Gasteiger charge is -2.29. The van der Waals surface area contributed by atoms with Gasteiger partial charge in [-0.25, -0.2) is 13.2 Å². The highest BCUT2D eigenvalue weighted by Crippen LogP contribution is 2.33. The second-order valence-electron chi connectivity index (χ2n) is 8.49. The lowest BCUT2D eigenvalue weighted by atomic mass is 9.83. The van der Waals surface area contributed by atoms with E-state index in [9.17, 15) is 22.8 Å². The Kier molecular flexibility index (Phi) is 6.25. The molecule has 0 saturated carbocycles. The number of carbonyl (C=O) groups excluding carboxylic acids is 3. The molecule has 0 aliphatic carbocycles. The van der Waals surface area contributed by atoms with Crippen molar-refractivity contribution in [2.75, 3.05) is 24.6 Å². The lowest BCUT2D eigenvalue weighted by Crippen LogP contribution is -2.49. The monoisotopic (exact) mass is 469 g/mol. The van der Waals surface area contributed by atoms with Crippen LogP contribution in [0.25, 0.3) is 0 Å². The minimum Gasteiger partial charge on any atom is -0.337 e. The summed E-state index contributed by atoms with van der Waals surface area (Å²) >= 11 is 0. The molecule has 4 rings (SSSR count). The fourth-order valence-corrected chi connectivity index (χ4v) is 6.43. The zero-order chi connectivity index (χ0) is 23.6. The summed E-state index contributed by atoms with van der Waals surface area (Å²) in [5.74, 6) is -0.981. The predicted molar refractivity (Wildman–Crippen MR) is 123 cm³/mol. The Morgan fingerprint density at radius 1 is 1.09 bits per heavy atom. The Hall–Kier alpha value is -3.20. The van der Waals surface area contributed by atoms with Crippen LogP contribution in [0.1, 0.15) is 24.5 Å². The topological polar surface area (TPSA) is 104 Å². The average Bonchev–Trinajstić information content (AvgIpc) is 3.27. The number of imide groups is 1. The number of carbonyl (C=O) groups is 3. The summed E-state index contributed by atoms with van der Waals surface area (Å²) in [4.78, 5) is 42.1. The molecule has 0 spiro atoms. The van der Waals surface area contributed by atoms with E-state index < -0.39 is 45.8 Å². The summed E-state index contributed by atoms with van der Waals surface area (Å²) in [7, 11) is -3.18. The smallest absolute Gasteiger partial charge is 0.325 e. The molecule has 4 amide bonds. The van der Waals surface area contributed by atoms with Crippen molar-refractivity contribution >= 4 is 27.7 Å². The molecule has 0 radical (unpaired) electrons. The van der Waals surface area contributed by atoms with E-state index in [1.165, 1.54) is 4.90 Å². The summed E-state index contributed by atoms with van der Waals surface area (Å²) in [5, 5.41) is 2.85. The first-order chi connectivity index (χ1) is 15.8. The zero-order valence-corrected chi connectivity index (χ0v) is 19.3. The minimum absolute atomic E-state index is 0.0404. The third-order valence-corrected chi connectivity index (χ3v) is 8.11. The van der Waals surface area contributed by atoms with Crippen LogP contribution in [0.15, 0.2) is 60.7 Å². The van der Waals surface area contributed by atoms with Gasteiger partial charge in [-0.3, -0.25) is 14.5 Å². The Balaban J connectivity index is 1.61. The normalized spacial score (nSPS) is 24.0. The zero-order valence-electron chi connectivity index (χ0n) is 18.4. The molecule has 0 aromatic heterocycles. The largest absolute Gasteiger partial charge is 0.337 e. The fraction of sp³-hybridized carbons (Fsp3) is 0.375. The third kappa shape index (κ3) is 4.50. The van der Waals surface area contributed by atoms with Gasteiger partial charge in [0.2, 0.25) is 5.91 Å². The van der Waals surface area contributed by atoms with Crippen molar-refractivity contribution in [2.24, 2.45) is 0 Å². The van der Waals surface area contributed by atoms with Crippen LogP contribution >= 0.6 is 0 Å². The number of benzene rings is 2. The van der Waals surface area contributed by atoms with Crippen molar-refractivity contribution < 1.29 is 22.8 Å². The van der Waals surface area contributed by atoms with Crippen LogP contribution < -0.4 is 5.32 Å². The Bertz CT molecular complexity index is 1150. The van der Waals surface area contributed by atoms with E-state index in [-0.39, 0.29) is 17.9 Å². The van der Waals surface area contributed by atoms with Gasteiger partial charge in [0, 0.05) is 19.0 Å². The highest BCUT2D eigenvalue weighted by atomic mass is 32.2. The Morgan fingerprint density at radius 2 is 1.73 bits per heavy atom. The van der Waals surface area contributed by atoms with Gasteiger partial charge in [0.15, 0.2) is 15.4 Å². The number of likely N-dealkylation sites (N-methyl/N-ethyl adjacent to an activating group) is 1. The van der Waals surface area contributed by atoms with Crippen LogP contribution in [-0.4, -0.2) is 66.7 Å². The van der Waals surface area contributed by atoms with Gasteiger partial charge in [0.1, 0.15) is 6.54 Å². The van der Waals surface area contributed by atoms with E-state index in [0.717, 1.165) is 10.5 Å². The number of amides is 4. The molecule has 2 aliphatic heterocycles. The summed E-state index contributed by atoms with van der Waals surface area (Å²) in [6.07, 6.45) is 0.607. The van der Waals surface area contributed by atoms with E-state index in [2.05, 4.69) is 5.32 Å². The van der Waals surface area contributed by atoms with Crippen molar-refractivity contribution in [3.63, 3.8) is 0 Å². The van der Waals surface area contributed by atoms with Crippen molar-refractivity contribution in [1.29, 1.82) is 0 Å². The highest BCUT2D eigenvalue weighted by molar-refractivity contribution is 7.91. The lowest BCUT2D eigenvalue weighted by molar-refractivity contribution is -0.140. The first-order valence-corrected chi connectivity index (χ1v) is 12.8. The van der Waals surface area contributed by atoms with Crippen molar-refractivity contribution in [1.82, 2.24) is 15.1 Å². The Morgan fingerprint density at radius 3 is 2.30 bits per heavy atom. The molecular formula is C24H27N3O5S. The summed E-state index contributed by atoms with van der Waals surface area (Å²) in [6.45, 7) is 1.63. The van der Waals surface area contributed by atoms with E-state index in [0.29, 0.717) is 18.5 Å². The van der Waals surface area contributed by atoms with Crippen LogP contribution in [0, 0.1) is 0 Å². The maximum Gasteiger partial charge on any atom is 0.325 e. The molecule has 33 heavy (non-hydrogen) atoms. The molecule has 2 atom stereocenters. The SMILES string of the molecule is CCN(C(=O)CN1C(=O)N[C@](Cc2ccccc2)(c2ccccc2)C1=O)[C@@H]1CCS(=O)(=O)C1. The summed E-state index contributed by atoms with van der Waals surface area (Å²) in [6, 6.07) is 17.3. The molecular weight excluding hydrogens is 442 g/mol. The molecule has 0 unspecified atom stereocenters. The molecule has 8 nitrogen and oxygen atoms in total. The molecule has 2 heterocycles. The third-order valence-electron chi connectivity index (χ3n) is 6.36. The van der Waals surface area contributed by atoms with Gasteiger partial charge < -0.3 is 10.2 Å². The van der Waals surface area contributed by atoms with Crippen LogP contribution in [0.2, 0.25) is 0 Å². The summed E-state index contributed by atoms with van der Waals surface area (Å²) in [5.41, 5.74) is 0.180. The molecule has 2 fully saturated rings. The van der Waals surface area contributed by atoms with Crippen molar-refractivity contribution in [3.8, 4) is 0 Å².